The number of nitrogens with zero attached hydrogens (tertiary/aromatic N) is 2. The van der Waals surface area contributed by atoms with Crippen LogP contribution in [0, 0.1) is 0 Å². The summed E-state index contributed by atoms with van der Waals surface area (Å²) in [5, 5.41) is 9.11. The molecule has 2 saturated heterocycles. The monoisotopic (exact) mass is 319 g/mol. The second-order valence-corrected chi connectivity index (χ2v) is 7.08. The molecule has 2 aliphatic rings. The Kier molecular flexibility index (Phi) is 5.17. The van der Waals surface area contributed by atoms with E-state index in [1.54, 1.807) is 4.90 Å². The van der Waals surface area contributed by atoms with Crippen LogP contribution in [0.4, 0.5) is 0 Å². The number of piperidine rings is 1. The molecule has 2 aliphatic heterocycles. The molecule has 1 atom stereocenters. The van der Waals surface area contributed by atoms with E-state index in [0.717, 1.165) is 17.1 Å². The number of hydrogen-bond donors (Lipinski definition) is 2. The number of carboxylic acids is 1. The van der Waals surface area contributed by atoms with Crippen molar-refractivity contribution in [3.8, 4) is 0 Å². The number of aliphatic carboxylic acids is 1. The minimum atomic E-state index is -3.95. The summed E-state index contributed by atoms with van der Waals surface area (Å²) < 4.78 is 27.6. The van der Waals surface area contributed by atoms with Crippen molar-refractivity contribution in [2.24, 2.45) is 0 Å². The van der Waals surface area contributed by atoms with Crippen LogP contribution in [0.5, 0.6) is 0 Å². The van der Waals surface area contributed by atoms with Gasteiger partial charge in [0.1, 0.15) is 6.04 Å². The van der Waals surface area contributed by atoms with Gasteiger partial charge >= 0.3 is 5.97 Å². The van der Waals surface area contributed by atoms with Gasteiger partial charge in [0.2, 0.25) is 5.91 Å². The van der Waals surface area contributed by atoms with Crippen LogP contribution in [-0.4, -0.2) is 66.8 Å². The number of amides is 1. The largest absolute Gasteiger partial charge is 0.480 e. The number of carboxylic acid groups (broad SMARTS) is 1. The fourth-order valence-electron chi connectivity index (χ4n) is 2.75. The molecule has 0 spiro atoms. The summed E-state index contributed by atoms with van der Waals surface area (Å²) in [4.78, 5) is 24.6. The van der Waals surface area contributed by atoms with E-state index < -0.39 is 22.2 Å². The highest BCUT2D eigenvalue weighted by Crippen LogP contribution is 2.20. The van der Waals surface area contributed by atoms with Crippen LogP contribution in [0.3, 0.4) is 0 Å². The first-order valence-electron chi connectivity index (χ1n) is 7.19. The lowest BCUT2D eigenvalue weighted by molar-refractivity contribution is -0.142. The van der Waals surface area contributed by atoms with E-state index in [-0.39, 0.29) is 19.0 Å². The highest BCUT2D eigenvalue weighted by molar-refractivity contribution is 7.87. The first-order chi connectivity index (χ1) is 9.92. The highest BCUT2D eigenvalue weighted by atomic mass is 32.2. The lowest BCUT2D eigenvalue weighted by Gasteiger charge is -2.31. The van der Waals surface area contributed by atoms with Crippen LogP contribution in [0.15, 0.2) is 0 Å². The molecule has 0 radical (unpaired) electrons. The van der Waals surface area contributed by atoms with E-state index in [2.05, 4.69) is 4.72 Å². The van der Waals surface area contributed by atoms with E-state index in [4.69, 9.17) is 5.11 Å². The van der Waals surface area contributed by atoms with Gasteiger partial charge in [0.05, 0.1) is 6.54 Å². The summed E-state index contributed by atoms with van der Waals surface area (Å²) in [7, 11) is -3.95. The number of likely N-dealkylation sites (tertiary alicyclic amines) is 1. The molecule has 0 aromatic rings. The Morgan fingerprint density at radius 1 is 1.10 bits per heavy atom. The maximum absolute atomic E-state index is 12.2. The van der Waals surface area contributed by atoms with Crippen molar-refractivity contribution < 1.29 is 23.1 Å². The molecule has 0 aromatic carbocycles. The Balaban J connectivity index is 1.96. The summed E-state index contributed by atoms with van der Waals surface area (Å²) in [6.45, 7) is 1.17. The zero-order valence-electron chi connectivity index (χ0n) is 11.8. The Hall–Kier alpha value is -1.19. The van der Waals surface area contributed by atoms with Crippen LogP contribution in [0.2, 0.25) is 0 Å². The number of hydrogen-bond acceptors (Lipinski definition) is 4. The summed E-state index contributed by atoms with van der Waals surface area (Å²) in [6, 6.07) is -1.04. The van der Waals surface area contributed by atoms with Gasteiger partial charge in [-0.3, -0.25) is 9.59 Å². The molecule has 120 valence electrons. The molecule has 0 saturated carbocycles. The third-order valence-electron chi connectivity index (χ3n) is 3.91. The quantitative estimate of drug-likeness (QED) is 0.702. The molecule has 0 aliphatic carbocycles. The molecular formula is C12H21N3O5S. The van der Waals surface area contributed by atoms with Gasteiger partial charge < -0.3 is 10.0 Å². The SMILES string of the molecule is O=C(O)C1CCCCN1S(=O)(=O)NCC(=O)N1CCCC1. The summed E-state index contributed by atoms with van der Waals surface area (Å²) in [5.74, 6) is -1.41. The van der Waals surface area contributed by atoms with Crippen LogP contribution >= 0.6 is 0 Å². The van der Waals surface area contributed by atoms with E-state index in [1.807, 2.05) is 0 Å². The molecule has 8 nitrogen and oxygen atoms in total. The summed E-state index contributed by atoms with van der Waals surface area (Å²) in [5.41, 5.74) is 0. The van der Waals surface area contributed by atoms with Crippen molar-refractivity contribution in [1.29, 1.82) is 0 Å². The summed E-state index contributed by atoms with van der Waals surface area (Å²) >= 11 is 0. The highest BCUT2D eigenvalue weighted by Gasteiger charge is 2.37. The number of carbonyl (C=O) groups excluding carboxylic acids is 1. The molecule has 2 rings (SSSR count). The molecule has 1 amide bonds. The Labute approximate surface area is 124 Å². The second kappa shape index (κ2) is 6.71. The molecule has 0 aromatic heterocycles. The van der Waals surface area contributed by atoms with E-state index in [9.17, 15) is 18.0 Å². The zero-order valence-corrected chi connectivity index (χ0v) is 12.6. The predicted octanol–water partition coefficient (Wildman–Crippen LogP) is -0.618. The van der Waals surface area contributed by atoms with Crippen molar-refractivity contribution in [2.45, 2.75) is 38.1 Å². The topological polar surface area (TPSA) is 107 Å². The Morgan fingerprint density at radius 3 is 2.33 bits per heavy atom. The first-order valence-corrected chi connectivity index (χ1v) is 8.63. The maximum atomic E-state index is 12.2. The molecule has 1 unspecified atom stereocenters. The smallest absolute Gasteiger partial charge is 0.322 e. The van der Waals surface area contributed by atoms with Crippen molar-refractivity contribution in [3.63, 3.8) is 0 Å². The van der Waals surface area contributed by atoms with Gasteiger partial charge in [-0.05, 0) is 32.1 Å². The van der Waals surface area contributed by atoms with Crippen molar-refractivity contribution in [2.75, 3.05) is 26.2 Å². The Morgan fingerprint density at radius 2 is 1.71 bits per heavy atom. The minimum absolute atomic E-state index is 0.171. The predicted molar refractivity (Wildman–Crippen MR) is 74.7 cm³/mol. The normalized spacial score (nSPS) is 24.2. The van der Waals surface area contributed by atoms with Gasteiger partial charge in [-0.25, -0.2) is 0 Å². The number of nitrogens with one attached hydrogen (secondary N) is 1. The van der Waals surface area contributed by atoms with Gasteiger partial charge in [0.15, 0.2) is 0 Å². The van der Waals surface area contributed by atoms with E-state index in [0.29, 0.717) is 32.4 Å². The van der Waals surface area contributed by atoms with Crippen molar-refractivity contribution in [3.05, 3.63) is 0 Å². The van der Waals surface area contributed by atoms with E-state index >= 15 is 0 Å². The average Bonchev–Trinajstić information content (AvgIpc) is 2.99. The minimum Gasteiger partial charge on any atom is -0.480 e. The molecule has 21 heavy (non-hydrogen) atoms. The molecule has 2 fully saturated rings. The van der Waals surface area contributed by atoms with Gasteiger partial charge in [-0.15, -0.1) is 0 Å². The number of carbonyl (C=O) groups is 2. The standard InChI is InChI=1S/C12H21N3O5S/c16-11(14-6-3-4-7-14)9-13-21(19,20)15-8-2-1-5-10(15)12(17)18/h10,13H,1-9H2,(H,17,18). The molecule has 0 bridgehead atoms. The third kappa shape index (κ3) is 3.92. The fourth-order valence-corrected chi connectivity index (χ4v) is 4.13. The van der Waals surface area contributed by atoms with Crippen LogP contribution in [0.1, 0.15) is 32.1 Å². The van der Waals surface area contributed by atoms with Gasteiger partial charge in [-0.1, -0.05) is 0 Å². The number of rotatable bonds is 5. The average molecular weight is 319 g/mol. The van der Waals surface area contributed by atoms with Crippen molar-refractivity contribution >= 4 is 22.1 Å². The molecule has 2 N–H and O–H groups in total. The lowest BCUT2D eigenvalue weighted by Crippen LogP contribution is -2.53. The van der Waals surface area contributed by atoms with E-state index in [1.165, 1.54) is 0 Å². The fraction of sp³-hybridized carbons (Fsp3) is 0.833. The summed E-state index contributed by atoms with van der Waals surface area (Å²) in [6.07, 6.45) is 3.49. The van der Waals surface area contributed by atoms with Crippen LogP contribution in [-0.2, 0) is 19.8 Å². The van der Waals surface area contributed by atoms with Gasteiger partial charge in [-0.2, -0.15) is 17.4 Å². The second-order valence-electron chi connectivity index (χ2n) is 5.37. The lowest BCUT2D eigenvalue weighted by atomic mass is 10.1. The van der Waals surface area contributed by atoms with Crippen LogP contribution in [0.25, 0.3) is 0 Å². The van der Waals surface area contributed by atoms with Gasteiger partial charge in [0.25, 0.3) is 10.2 Å². The first kappa shape index (κ1) is 16.2. The Bertz CT molecular complexity index is 501. The molecule has 2 heterocycles. The zero-order chi connectivity index (χ0) is 15.5. The molecule has 9 heteroatoms. The maximum Gasteiger partial charge on any atom is 0.322 e. The third-order valence-corrected chi connectivity index (χ3v) is 5.48. The molecular weight excluding hydrogens is 298 g/mol. The van der Waals surface area contributed by atoms with Crippen molar-refractivity contribution in [1.82, 2.24) is 13.9 Å². The van der Waals surface area contributed by atoms with Crippen LogP contribution < -0.4 is 4.72 Å². The van der Waals surface area contributed by atoms with Gasteiger partial charge in [0, 0.05) is 19.6 Å².